The third-order valence-corrected chi connectivity index (χ3v) is 3.62. The van der Waals surface area contributed by atoms with Gasteiger partial charge in [0.25, 0.3) is 0 Å². The largest absolute Gasteiger partial charge is 0.326 e. The molecule has 17 heavy (non-hydrogen) atoms. The van der Waals surface area contributed by atoms with Crippen LogP contribution in [-0.2, 0) is 6.54 Å². The monoisotopic (exact) mass is 247 g/mol. The van der Waals surface area contributed by atoms with Crippen LogP contribution in [0.2, 0.25) is 0 Å². The molecular weight excluding hydrogens is 230 g/mol. The fourth-order valence-electron chi connectivity index (χ4n) is 1.80. The summed E-state index contributed by atoms with van der Waals surface area (Å²) >= 11 is 1.68. The summed E-state index contributed by atoms with van der Waals surface area (Å²) in [4.78, 5) is 9.07. The fraction of sp³-hybridized carbons (Fsp3) is 0.385. The maximum atomic E-state index is 5.71. The zero-order valence-electron chi connectivity index (χ0n) is 10.4. The fourth-order valence-corrected chi connectivity index (χ4v) is 2.62. The molecule has 2 aromatic rings. The van der Waals surface area contributed by atoms with E-state index >= 15 is 0 Å². The predicted molar refractivity (Wildman–Crippen MR) is 72.1 cm³/mol. The summed E-state index contributed by atoms with van der Waals surface area (Å²) in [5.74, 6) is 1.18. The highest BCUT2D eigenvalue weighted by Gasteiger charge is 2.12. The van der Waals surface area contributed by atoms with Crippen LogP contribution in [0.3, 0.4) is 0 Å². The smallest absolute Gasteiger partial charge is 0.160 e. The number of nitrogens with two attached hydrogens (primary N) is 1. The number of aromatic nitrogens is 2. The molecule has 0 bridgehead atoms. The Kier molecular flexibility index (Phi) is 3.54. The number of nitrogens with zero attached hydrogens (tertiary/aromatic N) is 2. The summed E-state index contributed by atoms with van der Waals surface area (Å²) in [6, 6.07) is 0. The summed E-state index contributed by atoms with van der Waals surface area (Å²) in [6.07, 6.45) is 1.86. The van der Waals surface area contributed by atoms with E-state index in [1.165, 1.54) is 5.56 Å². The SMILES string of the molecule is Cc1cscc1-c1ncc(CN)c(C(C)C)n1. The van der Waals surface area contributed by atoms with Crippen molar-refractivity contribution in [3.05, 3.63) is 33.8 Å². The summed E-state index contributed by atoms with van der Waals surface area (Å²) in [6.45, 7) is 6.84. The third kappa shape index (κ3) is 2.37. The van der Waals surface area contributed by atoms with Gasteiger partial charge in [-0.15, -0.1) is 0 Å². The molecule has 0 saturated heterocycles. The Balaban J connectivity index is 2.51. The van der Waals surface area contributed by atoms with Crippen molar-refractivity contribution in [3.63, 3.8) is 0 Å². The van der Waals surface area contributed by atoms with Crippen molar-refractivity contribution in [1.82, 2.24) is 9.97 Å². The molecule has 0 saturated carbocycles. The van der Waals surface area contributed by atoms with E-state index in [-0.39, 0.29) is 0 Å². The van der Waals surface area contributed by atoms with Crippen LogP contribution in [0, 0.1) is 6.92 Å². The van der Waals surface area contributed by atoms with Gasteiger partial charge in [0.2, 0.25) is 0 Å². The predicted octanol–water partition coefficient (Wildman–Crippen LogP) is 3.10. The minimum Gasteiger partial charge on any atom is -0.326 e. The minimum atomic E-state index is 0.370. The van der Waals surface area contributed by atoms with E-state index in [0.29, 0.717) is 12.5 Å². The van der Waals surface area contributed by atoms with E-state index in [4.69, 9.17) is 5.73 Å². The lowest BCUT2D eigenvalue weighted by Crippen LogP contribution is -2.07. The van der Waals surface area contributed by atoms with Gasteiger partial charge in [-0.3, -0.25) is 0 Å². The number of aryl methyl sites for hydroxylation is 1. The molecule has 90 valence electrons. The molecule has 4 heteroatoms. The quantitative estimate of drug-likeness (QED) is 0.906. The highest BCUT2D eigenvalue weighted by atomic mass is 32.1. The van der Waals surface area contributed by atoms with Gasteiger partial charge in [0.1, 0.15) is 0 Å². The van der Waals surface area contributed by atoms with Crippen molar-refractivity contribution in [2.75, 3.05) is 0 Å². The maximum Gasteiger partial charge on any atom is 0.160 e. The van der Waals surface area contributed by atoms with Gasteiger partial charge < -0.3 is 5.73 Å². The van der Waals surface area contributed by atoms with E-state index in [2.05, 4.69) is 41.5 Å². The molecule has 3 nitrogen and oxygen atoms in total. The van der Waals surface area contributed by atoms with Crippen molar-refractivity contribution in [1.29, 1.82) is 0 Å². The molecule has 0 fully saturated rings. The van der Waals surface area contributed by atoms with Crippen LogP contribution in [0.25, 0.3) is 11.4 Å². The van der Waals surface area contributed by atoms with Crippen LogP contribution >= 0.6 is 11.3 Å². The summed E-state index contributed by atoms with van der Waals surface area (Å²) in [5.41, 5.74) is 10.2. The second-order valence-electron chi connectivity index (χ2n) is 4.43. The lowest BCUT2D eigenvalue weighted by molar-refractivity contribution is 0.787. The molecule has 2 heterocycles. The normalized spacial score (nSPS) is 11.1. The first-order chi connectivity index (χ1) is 8.13. The Morgan fingerprint density at radius 2 is 2.12 bits per heavy atom. The third-order valence-electron chi connectivity index (χ3n) is 2.76. The minimum absolute atomic E-state index is 0.370. The van der Waals surface area contributed by atoms with Gasteiger partial charge in [0, 0.05) is 29.2 Å². The Morgan fingerprint density at radius 1 is 1.35 bits per heavy atom. The van der Waals surface area contributed by atoms with Crippen LogP contribution in [0.4, 0.5) is 0 Å². The molecule has 0 aromatic carbocycles. The molecule has 2 aromatic heterocycles. The Bertz CT molecular complexity index is 517. The van der Waals surface area contributed by atoms with Crippen LogP contribution in [0.1, 0.15) is 36.6 Å². The Labute approximate surface area is 106 Å². The highest BCUT2D eigenvalue weighted by molar-refractivity contribution is 7.08. The summed E-state index contributed by atoms with van der Waals surface area (Å²) in [5, 5.41) is 4.21. The average Bonchev–Trinajstić information content (AvgIpc) is 2.74. The molecule has 0 radical (unpaired) electrons. The summed E-state index contributed by atoms with van der Waals surface area (Å²) < 4.78 is 0. The maximum absolute atomic E-state index is 5.71. The Hall–Kier alpha value is -1.26. The number of rotatable bonds is 3. The second-order valence-corrected chi connectivity index (χ2v) is 5.17. The first-order valence-electron chi connectivity index (χ1n) is 5.72. The zero-order chi connectivity index (χ0) is 12.4. The lowest BCUT2D eigenvalue weighted by Gasteiger charge is -2.11. The zero-order valence-corrected chi connectivity index (χ0v) is 11.2. The van der Waals surface area contributed by atoms with Crippen molar-refractivity contribution in [3.8, 4) is 11.4 Å². The Morgan fingerprint density at radius 3 is 2.65 bits per heavy atom. The molecule has 0 amide bonds. The molecule has 0 unspecified atom stereocenters. The van der Waals surface area contributed by atoms with Gasteiger partial charge in [-0.05, 0) is 23.8 Å². The lowest BCUT2D eigenvalue weighted by atomic mass is 10.0. The van der Waals surface area contributed by atoms with Crippen molar-refractivity contribution in [2.24, 2.45) is 5.73 Å². The molecule has 0 atom stereocenters. The highest BCUT2D eigenvalue weighted by Crippen LogP contribution is 2.26. The van der Waals surface area contributed by atoms with Crippen molar-refractivity contribution < 1.29 is 0 Å². The molecular formula is C13H17N3S. The summed E-state index contributed by atoms with van der Waals surface area (Å²) in [7, 11) is 0. The van der Waals surface area contributed by atoms with Gasteiger partial charge in [-0.1, -0.05) is 13.8 Å². The standard InChI is InChI=1S/C13H17N3S/c1-8(2)12-10(4-14)5-15-13(16-12)11-7-17-6-9(11)3/h5-8H,4,14H2,1-3H3. The van der Waals surface area contributed by atoms with Gasteiger partial charge >= 0.3 is 0 Å². The van der Waals surface area contributed by atoms with Crippen LogP contribution < -0.4 is 5.73 Å². The van der Waals surface area contributed by atoms with Crippen LogP contribution in [0.5, 0.6) is 0 Å². The van der Waals surface area contributed by atoms with E-state index < -0.39 is 0 Å². The van der Waals surface area contributed by atoms with Crippen molar-refractivity contribution >= 4 is 11.3 Å². The van der Waals surface area contributed by atoms with Crippen molar-refractivity contribution in [2.45, 2.75) is 33.2 Å². The number of hydrogen-bond donors (Lipinski definition) is 1. The molecule has 2 rings (SSSR count). The van der Waals surface area contributed by atoms with Crippen LogP contribution in [-0.4, -0.2) is 9.97 Å². The van der Waals surface area contributed by atoms with E-state index in [1.807, 2.05) is 6.20 Å². The first kappa shape index (κ1) is 12.2. The van der Waals surface area contributed by atoms with Gasteiger partial charge in [0.05, 0.1) is 5.69 Å². The van der Waals surface area contributed by atoms with E-state index in [0.717, 1.165) is 22.6 Å². The first-order valence-corrected chi connectivity index (χ1v) is 6.66. The molecule has 0 aliphatic rings. The molecule has 0 spiro atoms. The topological polar surface area (TPSA) is 51.8 Å². The van der Waals surface area contributed by atoms with E-state index in [1.54, 1.807) is 11.3 Å². The van der Waals surface area contributed by atoms with Gasteiger partial charge in [0.15, 0.2) is 5.82 Å². The number of thiophene rings is 1. The molecule has 2 N–H and O–H groups in total. The average molecular weight is 247 g/mol. The second kappa shape index (κ2) is 4.94. The van der Waals surface area contributed by atoms with Gasteiger partial charge in [-0.25, -0.2) is 9.97 Å². The van der Waals surface area contributed by atoms with Gasteiger partial charge in [-0.2, -0.15) is 11.3 Å². The van der Waals surface area contributed by atoms with E-state index in [9.17, 15) is 0 Å². The van der Waals surface area contributed by atoms with Crippen LogP contribution in [0.15, 0.2) is 17.0 Å². The molecule has 0 aliphatic carbocycles. The molecule has 0 aliphatic heterocycles. The number of hydrogen-bond acceptors (Lipinski definition) is 4.